The van der Waals surface area contributed by atoms with Crippen molar-refractivity contribution in [2.75, 3.05) is 14.2 Å². The zero-order chi connectivity index (χ0) is 19.4. The summed E-state index contributed by atoms with van der Waals surface area (Å²) in [5.74, 6) is 0.140. The van der Waals surface area contributed by atoms with Crippen LogP contribution in [0.15, 0.2) is 53.7 Å². The number of nitrogens with zero attached hydrogens (tertiary/aromatic N) is 2. The summed E-state index contributed by atoms with van der Waals surface area (Å²) in [4.78, 5) is 17.4. The fraction of sp³-hybridized carbons (Fsp3) is 0.167. The first kappa shape index (κ1) is 19.6. The number of benzene rings is 2. The third-order valence-electron chi connectivity index (χ3n) is 3.76. The number of halogens is 1. The van der Waals surface area contributed by atoms with Gasteiger partial charge < -0.3 is 9.57 Å². The summed E-state index contributed by atoms with van der Waals surface area (Å²) in [6, 6.07) is 13.6. The van der Waals surface area contributed by atoms with Crippen molar-refractivity contribution >= 4 is 50.9 Å². The Bertz CT molecular complexity index is 890. The Hall–Kier alpha value is -2.13. The van der Waals surface area contributed by atoms with Crippen molar-refractivity contribution in [3.05, 3.63) is 64.7 Å². The summed E-state index contributed by atoms with van der Waals surface area (Å²) < 4.78 is 5.85. The van der Waals surface area contributed by atoms with Crippen LogP contribution in [0.25, 0.3) is 0 Å². The first-order chi connectivity index (χ1) is 13.0. The summed E-state index contributed by atoms with van der Waals surface area (Å²) >= 11 is 12.4. The molecule has 1 atom stereocenters. The number of thiocarbonyl (C=S) groups is 1. The van der Waals surface area contributed by atoms with Gasteiger partial charge in [0, 0.05) is 12.1 Å². The Morgan fingerprint density at radius 1 is 1.30 bits per heavy atom. The summed E-state index contributed by atoms with van der Waals surface area (Å²) in [5, 5.41) is 6.85. The molecule has 3 rings (SSSR count). The molecule has 0 saturated carbocycles. The average Bonchev–Trinajstić information content (AvgIpc) is 2.69. The minimum atomic E-state index is -0.575. The fourth-order valence-corrected chi connectivity index (χ4v) is 3.54. The predicted molar refractivity (Wildman–Crippen MR) is 111 cm³/mol. The van der Waals surface area contributed by atoms with Gasteiger partial charge in [0.1, 0.15) is 16.8 Å². The first-order valence-electron chi connectivity index (χ1n) is 7.88. The second kappa shape index (κ2) is 8.71. The van der Waals surface area contributed by atoms with Crippen molar-refractivity contribution in [1.82, 2.24) is 10.4 Å². The molecule has 140 valence electrons. The number of hydrogen-bond donors (Lipinski definition) is 1. The van der Waals surface area contributed by atoms with Crippen LogP contribution < -0.4 is 10.2 Å². The van der Waals surface area contributed by atoms with Crippen molar-refractivity contribution in [3.63, 3.8) is 0 Å². The van der Waals surface area contributed by atoms with Gasteiger partial charge in [-0.3, -0.25) is 5.01 Å². The van der Waals surface area contributed by atoms with E-state index in [1.54, 1.807) is 36.4 Å². The molecule has 0 aliphatic carbocycles. The van der Waals surface area contributed by atoms with Crippen molar-refractivity contribution in [2.45, 2.75) is 6.04 Å². The van der Waals surface area contributed by atoms with E-state index in [1.165, 1.54) is 11.8 Å². The summed E-state index contributed by atoms with van der Waals surface area (Å²) in [5.41, 5.74) is 4.49. The molecule has 1 unspecified atom stereocenters. The predicted octanol–water partition coefficient (Wildman–Crippen LogP) is 4.03. The molecular weight excluding hydrogens is 406 g/mol. The number of thioether (sulfide) groups is 1. The highest BCUT2D eigenvalue weighted by Gasteiger charge is 2.30. The van der Waals surface area contributed by atoms with Gasteiger partial charge in [-0.2, -0.15) is 0 Å². The van der Waals surface area contributed by atoms with E-state index in [4.69, 9.17) is 33.4 Å². The highest BCUT2D eigenvalue weighted by atomic mass is 35.5. The molecule has 0 bridgehead atoms. The van der Waals surface area contributed by atoms with Crippen molar-refractivity contribution in [3.8, 4) is 5.75 Å². The van der Waals surface area contributed by atoms with Gasteiger partial charge >= 0.3 is 5.97 Å². The zero-order valence-corrected chi connectivity index (χ0v) is 16.9. The van der Waals surface area contributed by atoms with Crippen LogP contribution in [0.3, 0.4) is 0 Å². The van der Waals surface area contributed by atoms with Gasteiger partial charge in [0.2, 0.25) is 0 Å². The maximum atomic E-state index is 12.2. The van der Waals surface area contributed by atoms with Gasteiger partial charge in [0.25, 0.3) is 0 Å². The van der Waals surface area contributed by atoms with Crippen molar-refractivity contribution < 1.29 is 14.4 Å². The number of methoxy groups -OCH3 is 1. The van der Waals surface area contributed by atoms with E-state index in [-0.39, 0.29) is 6.04 Å². The lowest BCUT2D eigenvalue weighted by molar-refractivity contribution is 0.0515. The number of oxime groups is 1. The highest BCUT2D eigenvalue weighted by molar-refractivity contribution is 8.33. The molecule has 1 saturated heterocycles. The molecule has 6 nitrogen and oxygen atoms in total. The van der Waals surface area contributed by atoms with Crippen LogP contribution in [-0.2, 0) is 4.84 Å². The Morgan fingerprint density at radius 2 is 2.04 bits per heavy atom. The molecule has 2 aromatic rings. The number of nitrogens with one attached hydrogen (secondary N) is 1. The van der Waals surface area contributed by atoms with E-state index in [0.717, 1.165) is 5.56 Å². The molecule has 1 aliphatic heterocycles. The fourth-order valence-electron chi connectivity index (χ4n) is 2.35. The SMILES string of the molecule is COc1cccc(C2NN(C)C(=S)S/C2=N/OC(=O)c2ccc(Cl)cc2)c1. The minimum Gasteiger partial charge on any atom is -0.497 e. The van der Waals surface area contributed by atoms with Gasteiger partial charge in [-0.25, -0.2) is 10.2 Å². The highest BCUT2D eigenvalue weighted by Crippen LogP contribution is 2.30. The number of carbonyl (C=O) groups excluding carboxylic acids is 1. The number of hydrazine groups is 1. The third kappa shape index (κ3) is 4.78. The van der Waals surface area contributed by atoms with E-state index in [9.17, 15) is 4.79 Å². The Labute approximate surface area is 171 Å². The molecule has 0 amide bonds. The lowest BCUT2D eigenvalue weighted by atomic mass is 10.1. The lowest BCUT2D eigenvalue weighted by Crippen LogP contribution is -2.47. The van der Waals surface area contributed by atoms with E-state index < -0.39 is 5.97 Å². The van der Waals surface area contributed by atoms with Gasteiger partial charge in [0.05, 0.1) is 12.7 Å². The quantitative estimate of drug-likeness (QED) is 0.454. The molecule has 1 N–H and O–H groups in total. The lowest BCUT2D eigenvalue weighted by Gasteiger charge is -2.33. The molecule has 1 aliphatic rings. The topological polar surface area (TPSA) is 63.2 Å². The summed E-state index contributed by atoms with van der Waals surface area (Å²) in [7, 11) is 3.42. The second-order valence-corrected chi connectivity index (χ2v) is 7.67. The Kier molecular flexibility index (Phi) is 6.33. The Morgan fingerprint density at radius 3 is 2.74 bits per heavy atom. The number of carbonyl (C=O) groups is 1. The zero-order valence-electron chi connectivity index (χ0n) is 14.5. The van der Waals surface area contributed by atoms with Crippen LogP contribution in [0.5, 0.6) is 5.75 Å². The van der Waals surface area contributed by atoms with E-state index in [2.05, 4.69) is 10.6 Å². The van der Waals surface area contributed by atoms with E-state index in [0.29, 0.717) is 25.7 Å². The van der Waals surface area contributed by atoms with Crippen molar-refractivity contribution in [1.29, 1.82) is 0 Å². The van der Waals surface area contributed by atoms with E-state index >= 15 is 0 Å². The van der Waals surface area contributed by atoms with Crippen LogP contribution in [0.2, 0.25) is 5.02 Å². The molecule has 1 fully saturated rings. The number of rotatable bonds is 4. The minimum absolute atomic E-state index is 0.334. The van der Waals surface area contributed by atoms with Crippen LogP contribution >= 0.6 is 35.6 Å². The molecule has 27 heavy (non-hydrogen) atoms. The van der Waals surface area contributed by atoms with Gasteiger partial charge in [-0.1, -0.05) is 41.1 Å². The molecule has 0 radical (unpaired) electrons. The standard InChI is InChI=1S/C18H16ClN3O3S2/c1-22-18(26)27-16(15(20-22)12-4-3-5-14(10-12)24-2)21-25-17(23)11-6-8-13(19)9-7-11/h3-10,15,20H,1-2H3/b21-16+. The van der Waals surface area contributed by atoms with Gasteiger partial charge in [0.15, 0.2) is 4.32 Å². The van der Waals surface area contributed by atoms with Gasteiger partial charge in [-0.05, 0) is 53.7 Å². The molecular formula is C18H16ClN3O3S2. The summed E-state index contributed by atoms with van der Waals surface area (Å²) in [6.45, 7) is 0. The molecule has 0 aromatic heterocycles. The third-order valence-corrected chi connectivity index (χ3v) is 5.50. The van der Waals surface area contributed by atoms with Crippen LogP contribution in [0.4, 0.5) is 0 Å². The average molecular weight is 422 g/mol. The van der Waals surface area contributed by atoms with Crippen LogP contribution in [-0.4, -0.2) is 34.5 Å². The smallest absolute Gasteiger partial charge is 0.365 e. The summed E-state index contributed by atoms with van der Waals surface area (Å²) in [6.07, 6.45) is 0. The normalized spacial score (nSPS) is 18.5. The monoisotopic (exact) mass is 421 g/mol. The maximum absolute atomic E-state index is 12.2. The molecule has 2 aromatic carbocycles. The largest absolute Gasteiger partial charge is 0.497 e. The van der Waals surface area contributed by atoms with Gasteiger partial charge in [-0.15, -0.1) is 0 Å². The first-order valence-corrected chi connectivity index (χ1v) is 9.48. The van der Waals surface area contributed by atoms with E-state index in [1.807, 2.05) is 31.3 Å². The molecule has 9 heteroatoms. The van der Waals surface area contributed by atoms with Crippen LogP contribution in [0.1, 0.15) is 22.0 Å². The Balaban J connectivity index is 1.84. The molecule has 0 spiro atoms. The molecule has 1 heterocycles. The van der Waals surface area contributed by atoms with Crippen molar-refractivity contribution in [2.24, 2.45) is 5.16 Å². The maximum Gasteiger partial charge on any atom is 0.365 e. The number of hydrogen-bond acceptors (Lipinski definition) is 7. The second-order valence-electron chi connectivity index (χ2n) is 5.58. The van der Waals surface area contributed by atoms with Crippen LogP contribution in [0, 0.1) is 0 Å². The number of ether oxygens (including phenoxy) is 1.